The third-order valence-corrected chi connectivity index (χ3v) is 4.93. The highest BCUT2D eigenvalue weighted by Gasteiger charge is 2.31. The molecular weight excluding hydrogens is 322 g/mol. The number of rotatable bonds is 4. The van der Waals surface area contributed by atoms with Crippen LogP contribution >= 0.6 is 15.9 Å². The number of sulfonamides is 1. The monoisotopic (exact) mass is 335 g/mol. The molecule has 18 heavy (non-hydrogen) atoms. The molecule has 4 N–H and O–H groups in total. The molecule has 0 spiro atoms. The molecule has 0 heterocycles. The van der Waals surface area contributed by atoms with Gasteiger partial charge in [0.1, 0.15) is 0 Å². The minimum Gasteiger partial charge on any atom is -0.409 e. The van der Waals surface area contributed by atoms with E-state index in [0.29, 0.717) is 4.47 Å². The third kappa shape index (κ3) is 3.21. The second kappa shape index (κ2) is 5.25. The van der Waals surface area contributed by atoms with E-state index < -0.39 is 15.6 Å². The Labute approximate surface area is 114 Å². The Hall–Kier alpha value is -1.12. The molecule has 1 aromatic carbocycles. The molecule has 0 unspecified atom stereocenters. The molecular formula is C10H14BrN3O3S. The van der Waals surface area contributed by atoms with Crippen molar-refractivity contribution in [1.29, 1.82) is 0 Å². The van der Waals surface area contributed by atoms with Crippen LogP contribution in [0, 0.1) is 0 Å². The first-order valence-electron chi connectivity index (χ1n) is 4.97. The van der Waals surface area contributed by atoms with Gasteiger partial charge < -0.3 is 10.9 Å². The number of nitrogens with two attached hydrogens (primary N) is 1. The van der Waals surface area contributed by atoms with Crippen LogP contribution in [0.4, 0.5) is 0 Å². The first kappa shape index (κ1) is 14.9. The molecule has 1 aromatic rings. The Morgan fingerprint density at radius 1 is 1.44 bits per heavy atom. The fourth-order valence-electron chi connectivity index (χ4n) is 1.23. The standard InChI is InChI=1S/C10H14BrN3O3S/c1-10(2,9(12)13-15)14-18(16,17)8-6-4-3-5-7(8)11/h3-6,14-15H,1-2H3,(H2,12,13). The smallest absolute Gasteiger partial charge is 0.242 e. The second-order valence-corrected chi connectivity index (χ2v) is 6.65. The van der Waals surface area contributed by atoms with Crippen molar-refractivity contribution in [3.63, 3.8) is 0 Å². The summed E-state index contributed by atoms with van der Waals surface area (Å²) in [6.07, 6.45) is 0. The summed E-state index contributed by atoms with van der Waals surface area (Å²) in [6.45, 7) is 2.99. The Balaban J connectivity index is 3.15. The van der Waals surface area contributed by atoms with Gasteiger partial charge in [0.25, 0.3) is 0 Å². The Bertz CT molecular complexity index is 569. The second-order valence-electron chi connectivity index (χ2n) is 4.15. The van der Waals surface area contributed by atoms with Crippen molar-refractivity contribution < 1.29 is 13.6 Å². The third-order valence-electron chi connectivity index (χ3n) is 2.26. The summed E-state index contributed by atoms with van der Waals surface area (Å²) in [5.41, 5.74) is 4.24. The van der Waals surface area contributed by atoms with E-state index in [1.165, 1.54) is 19.9 Å². The summed E-state index contributed by atoms with van der Waals surface area (Å²) < 4.78 is 27.1. The van der Waals surface area contributed by atoms with E-state index in [1.807, 2.05) is 0 Å². The van der Waals surface area contributed by atoms with Crippen molar-refractivity contribution in [2.45, 2.75) is 24.3 Å². The van der Waals surface area contributed by atoms with Crippen molar-refractivity contribution >= 4 is 31.8 Å². The van der Waals surface area contributed by atoms with Crippen LogP contribution in [0.3, 0.4) is 0 Å². The molecule has 0 aliphatic rings. The fourth-order valence-corrected chi connectivity index (χ4v) is 3.62. The van der Waals surface area contributed by atoms with Crippen LogP contribution in [0.2, 0.25) is 0 Å². The summed E-state index contributed by atoms with van der Waals surface area (Å²) in [6, 6.07) is 6.38. The van der Waals surface area contributed by atoms with Gasteiger partial charge in [0, 0.05) is 4.47 Å². The molecule has 0 aliphatic carbocycles. The largest absolute Gasteiger partial charge is 0.409 e. The SMILES string of the molecule is CC(C)(NS(=O)(=O)c1ccccc1Br)/C(N)=N/O. The first-order valence-corrected chi connectivity index (χ1v) is 7.25. The Morgan fingerprint density at radius 2 is 2.00 bits per heavy atom. The molecule has 100 valence electrons. The lowest BCUT2D eigenvalue weighted by molar-refractivity contribution is 0.312. The van der Waals surface area contributed by atoms with E-state index in [-0.39, 0.29) is 10.7 Å². The van der Waals surface area contributed by atoms with Crippen LogP contribution in [0.25, 0.3) is 0 Å². The molecule has 0 bridgehead atoms. The van der Waals surface area contributed by atoms with Gasteiger partial charge in [-0.1, -0.05) is 17.3 Å². The van der Waals surface area contributed by atoms with Crippen molar-refractivity contribution in [2.75, 3.05) is 0 Å². The van der Waals surface area contributed by atoms with Gasteiger partial charge >= 0.3 is 0 Å². The molecule has 0 saturated carbocycles. The number of hydrogen-bond donors (Lipinski definition) is 3. The summed E-state index contributed by atoms with van der Waals surface area (Å²) in [5, 5.41) is 11.4. The average Bonchev–Trinajstić information content (AvgIpc) is 2.26. The van der Waals surface area contributed by atoms with Crippen LogP contribution in [-0.4, -0.2) is 25.0 Å². The van der Waals surface area contributed by atoms with E-state index >= 15 is 0 Å². The number of halogens is 1. The molecule has 0 aliphatic heterocycles. The molecule has 0 radical (unpaired) electrons. The number of amidine groups is 1. The van der Waals surface area contributed by atoms with Crippen molar-refractivity contribution in [2.24, 2.45) is 10.9 Å². The van der Waals surface area contributed by atoms with Crippen LogP contribution in [0.5, 0.6) is 0 Å². The molecule has 1 rings (SSSR count). The van der Waals surface area contributed by atoms with Crippen molar-refractivity contribution in [1.82, 2.24) is 4.72 Å². The van der Waals surface area contributed by atoms with E-state index in [1.54, 1.807) is 18.2 Å². The number of oxime groups is 1. The lowest BCUT2D eigenvalue weighted by atomic mass is 10.1. The van der Waals surface area contributed by atoms with E-state index in [0.717, 1.165) is 0 Å². The lowest BCUT2D eigenvalue weighted by Gasteiger charge is -2.24. The summed E-state index contributed by atoms with van der Waals surface area (Å²) in [4.78, 5) is 0.0869. The quantitative estimate of drug-likeness (QED) is 0.333. The highest BCUT2D eigenvalue weighted by Crippen LogP contribution is 2.22. The van der Waals surface area contributed by atoms with E-state index in [9.17, 15) is 8.42 Å². The minimum absolute atomic E-state index is 0.0869. The number of hydrogen-bond acceptors (Lipinski definition) is 4. The Kier molecular flexibility index (Phi) is 4.36. The zero-order chi connectivity index (χ0) is 14.0. The molecule has 0 amide bonds. The maximum atomic E-state index is 12.2. The summed E-state index contributed by atoms with van der Waals surface area (Å²) in [5.74, 6) is -0.224. The van der Waals surface area contributed by atoms with Crippen LogP contribution < -0.4 is 10.5 Å². The first-order chi connectivity index (χ1) is 8.20. The van der Waals surface area contributed by atoms with Gasteiger partial charge in [-0.2, -0.15) is 4.72 Å². The van der Waals surface area contributed by atoms with Gasteiger partial charge in [0.05, 0.1) is 10.4 Å². The number of benzene rings is 1. The van der Waals surface area contributed by atoms with Crippen LogP contribution in [-0.2, 0) is 10.0 Å². The average molecular weight is 336 g/mol. The molecule has 8 heteroatoms. The maximum absolute atomic E-state index is 12.2. The van der Waals surface area contributed by atoms with Gasteiger partial charge in [-0.15, -0.1) is 0 Å². The zero-order valence-electron chi connectivity index (χ0n) is 9.88. The predicted molar refractivity (Wildman–Crippen MR) is 72.0 cm³/mol. The normalized spacial score (nSPS) is 13.6. The van der Waals surface area contributed by atoms with Crippen molar-refractivity contribution in [3.8, 4) is 0 Å². The molecule has 0 fully saturated rings. The predicted octanol–water partition coefficient (Wildman–Crippen LogP) is 1.25. The molecule has 0 aromatic heterocycles. The van der Waals surface area contributed by atoms with E-state index in [4.69, 9.17) is 10.9 Å². The Morgan fingerprint density at radius 3 is 2.50 bits per heavy atom. The van der Waals surface area contributed by atoms with Gasteiger partial charge in [-0.05, 0) is 41.9 Å². The van der Waals surface area contributed by atoms with Gasteiger partial charge in [0.2, 0.25) is 10.0 Å². The summed E-state index contributed by atoms with van der Waals surface area (Å²) >= 11 is 3.16. The highest BCUT2D eigenvalue weighted by molar-refractivity contribution is 9.10. The maximum Gasteiger partial charge on any atom is 0.242 e. The van der Waals surface area contributed by atoms with Crippen LogP contribution in [0.1, 0.15) is 13.8 Å². The zero-order valence-corrected chi connectivity index (χ0v) is 12.3. The molecule has 6 nitrogen and oxygen atoms in total. The minimum atomic E-state index is -3.77. The number of nitrogens with zero attached hydrogens (tertiary/aromatic N) is 1. The highest BCUT2D eigenvalue weighted by atomic mass is 79.9. The summed E-state index contributed by atoms with van der Waals surface area (Å²) in [7, 11) is -3.77. The molecule has 0 atom stereocenters. The van der Waals surface area contributed by atoms with Crippen molar-refractivity contribution in [3.05, 3.63) is 28.7 Å². The van der Waals surface area contributed by atoms with Gasteiger partial charge in [0.15, 0.2) is 5.84 Å². The fraction of sp³-hybridized carbons (Fsp3) is 0.300. The van der Waals surface area contributed by atoms with Gasteiger partial charge in [-0.3, -0.25) is 0 Å². The molecule has 0 saturated heterocycles. The van der Waals surface area contributed by atoms with Crippen LogP contribution in [0.15, 0.2) is 38.8 Å². The van der Waals surface area contributed by atoms with Gasteiger partial charge in [-0.25, -0.2) is 8.42 Å². The van der Waals surface area contributed by atoms with E-state index in [2.05, 4.69) is 25.8 Å². The lowest BCUT2D eigenvalue weighted by Crippen LogP contribution is -2.53. The number of nitrogens with one attached hydrogen (secondary N) is 1. The topological polar surface area (TPSA) is 105 Å².